The molecule has 1 aromatic rings. The lowest BCUT2D eigenvalue weighted by Gasteiger charge is -2.34. The number of hydrogen-bond donors (Lipinski definition) is 1. The van der Waals surface area contributed by atoms with Crippen molar-refractivity contribution in [1.82, 2.24) is 10.3 Å². The molecule has 0 saturated carbocycles. The average Bonchev–Trinajstić information content (AvgIpc) is 2.18. The van der Waals surface area contributed by atoms with Crippen LogP contribution >= 0.6 is 28.3 Å². The van der Waals surface area contributed by atoms with E-state index < -0.39 is 0 Å². The molecule has 5 heteroatoms. The van der Waals surface area contributed by atoms with Crippen LogP contribution < -0.4 is 10.2 Å². The number of pyridine rings is 1. The Hall–Kier alpha value is -0.320. The molecule has 0 aromatic carbocycles. The summed E-state index contributed by atoms with van der Waals surface area (Å²) in [4.78, 5) is 6.72. The van der Waals surface area contributed by atoms with Crippen LogP contribution in [-0.4, -0.2) is 30.7 Å². The molecule has 0 spiro atoms. The van der Waals surface area contributed by atoms with Crippen molar-refractivity contribution >= 4 is 34.2 Å². The highest BCUT2D eigenvalue weighted by Gasteiger charge is 2.18. The first-order chi connectivity index (χ1) is 6.77. The topological polar surface area (TPSA) is 28.2 Å². The third-order valence-electron chi connectivity index (χ3n) is 2.50. The van der Waals surface area contributed by atoms with Crippen LogP contribution in [0.2, 0.25) is 0 Å². The van der Waals surface area contributed by atoms with E-state index in [1.807, 2.05) is 12.3 Å². The molecule has 2 heterocycles. The summed E-state index contributed by atoms with van der Waals surface area (Å²) < 4.78 is 1.09. The van der Waals surface area contributed by atoms with E-state index in [4.69, 9.17) is 0 Å². The first-order valence-corrected chi connectivity index (χ1v) is 5.65. The second kappa shape index (κ2) is 5.68. The lowest BCUT2D eigenvalue weighted by Crippen LogP contribution is -2.50. The van der Waals surface area contributed by atoms with Gasteiger partial charge in [-0.3, -0.25) is 0 Å². The van der Waals surface area contributed by atoms with Crippen LogP contribution in [0.1, 0.15) is 6.92 Å². The third-order valence-corrected chi connectivity index (χ3v) is 3.00. The molecule has 0 bridgehead atoms. The van der Waals surface area contributed by atoms with Gasteiger partial charge in [-0.05, 0) is 19.1 Å². The number of halogens is 2. The molecule has 1 aliphatic heterocycles. The Bertz CT molecular complexity index is 321. The Morgan fingerprint density at radius 1 is 1.60 bits per heavy atom. The van der Waals surface area contributed by atoms with Crippen LogP contribution in [0.25, 0.3) is 0 Å². The molecular weight excluding hydrogens is 277 g/mol. The van der Waals surface area contributed by atoms with Crippen molar-refractivity contribution in [2.24, 2.45) is 0 Å². The molecule has 1 fully saturated rings. The zero-order chi connectivity index (χ0) is 9.97. The number of rotatable bonds is 1. The SMILES string of the molecule is C[C@@H]1CNCCN1c1cc(Br)ccn1.Cl. The fourth-order valence-electron chi connectivity index (χ4n) is 1.73. The standard InChI is InChI=1S/C10H14BrN3.ClH/c1-8-7-12-4-5-14(8)10-6-9(11)2-3-13-10;/h2-3,6,8,12H,4-5,7H2,1H3;1H/t8-;/m1./s1. The normalized spacial score (nSPS) is 20.9. The fourth-order valence-corrected chi connectivity index (χ4v) is 2.05. The van der Waals surface area contributed by atoms with Crippen LogP contribution in [0.5, 0.6) is 0 Å². The monoisotopic (exact) mass is 291 g/mol. The number of anilines is 1. The third kappa shape index (κ3) is 3.06. The van der Waals surface area contributed by atoms with E-state index in [-0.39, 0.29) is 12.4 Å². The largest absolute Gasteiger partial charge is 0.351 e. The molecular formula is C10H15BrClN3. The maximum absolute atomic E-state index is 4.38. The van der Waals surface area contributed by atoms with Crippen LogP contribution in [0, 0.1) is 0 Å². The highest BCUT2D eigenvalue weighted by Crippen LogP contribution is 2.19. The molecule has 1 aliphatic rings. The first kappa shape index (κ1) is 12.7. The van der Waals surface area contributed by atoms with Crippen molar-refractivity contribution in [3.8, 4) is 0 Å². The minimum Gasteiger partial charge on any atom is -0.351 e. The second-order valence-corrected chi connectivity index (χ2v) is 4.49. The van der Waals surface area contributed by atoms with Gasteiger partial charge in [0.2, 0.25) is 0 Å². The van der Waals surface area contributed by atoms with Crippen LogP contribution in [0.3, 0.4) is 0 Å². The lowest BCUT2D eigenvalue weighted by atomic mass is 10.2. The summed E-state index contributed by atoms with van der Waals surface area (Å²) in [5, 5.41) is 3.37. The minimum atomic E-state index is 0. The molecule has 1 N–H and O–H groups in total. The van der Waals surface area contributed by atoms with Gasteiger partial charge >= 0.3 is 0 Å². The van der Waals surface area contributed by atoms with Gasteiger partial charge in [0.15, 0.2) is 0 Å². The number of hydrogen-bond acceptors (Lipinski definition) is 3. The Labute approximate surface area is 105 Å². The van der Waals surface area contributed by atoms with Crippen molar-refractivity contribution in [3.05, 3.63) is 22.8 Å². The Kier molecular flexibility index (Phi) is 4.83. The molecule has 84 valence electrons. The number of piperazine rings is 1. The van der Waals surface area contributed by atoms with E-state index in [1.165, 1.54) is 0 Å². The van der Waals surface area contributed by atoms with Crippen molar-refractivity contribution in [2.45, 2.75) is 13.0 Å². The van der Waals surface area contributed by atoms with Crippen molar-refractivity contribution in [1.29, 1.82) is 0 Å². The minimum absolute atomic E-state index is 0. The van der Waals surface area contributed by atoms with Gasteiger partial charge in [0.05, 0.1) is 0 Å². The van der Waals surface area contributed by atoms with E-state index in [0.717, 1.165) is 29.9 Å². The van der Waals surface area contributed by atoms with Crippen molar-refractivity contribution in [2.75, 3.05) is 24.5 Å². The van der Waals surface area contributed by atoms with E-state index in [0.29, 0.717) is 6.04 Å². The summed E-state index contributed by atoms with van der Waals surface area (Å²) in [6.07, 6.45) is 1.84. The molecule has 1 atom stereocenters. The van der Waals surface area contributed by atoms with Gasteiger partial charge in [0, 0.05) is 36.3 Å². The summed E-state index contributed by atoms with van der Waals surface area (Å²) in [5.41, 5.74) is 0. The zero-order valence-corrected chi connectivity index (χ0v) is 11.0. The predicted octanol–water partition coefficient (Wildman–Crippen LogP) is 2.06. The van der Waals surface area contributed by atoms with Crippen molar-refractivity contribution in [3.63, 3.8) is 0 Å². The smallest absolute Gasteiger partial charge is 0.129 e. The average molecular weight is 293 g/mol. The molecule has 0 unspecified atom stereocenters. The molecule has 3 nitrogen and oxygen atoms in total. The molecule has 15 heavy (non-hydrogen) atoms. The molecule has 1 aromatic heterocycles. The van der Waals surface area contributed by atoms with E-state index in [9.17, 15) is 0 Å². The highest BCUT2D eigenvalue weighted by atomic mass is 79.9. The molecule has 0 radical (unpaired) electrons. The van der Waals surface area contributed by atoms with Crippen LogP contribution in [-0.2, 0) is 0 Å². The van der Waals surface area contributed by atoms with Gasteiger partial charge in [0.1, 0.15) is 5.82 Å². The highest BCUT2D eigenvalue weighted by molar-refractivity contribution is 9.10. The predicted molar refractivity (Wildman–Crippen MR) is 68.9 cm³/mol. The van der Waals surface area contributed by atoms with E-state index >= 15 is 0 Å². The Balaban J connectivity index is 0.00000112. The number of aromatic nitrogens is 1. The summed E-state index contributed by atoms with van der Waals surface area (Å²) in [7, 11) is 0. The maximum atomic E-state index is 4.38. The first-order valence-electron chi connectivity index (χ1n) is 4.86. The van der Waals surface area contributed by atoms with Gasteiger partial charge in [-0.2, -0.15) is 0 Å². The zero-order valence-electron chi connectivity index (χ0n) is 8.61. The van der Waals surface area contributed by atoms with Crippen LogP contribution in [0.4, 0.5) is 5.82 Å². The van der Waals surface area contributed by atoms with E-state index in [2.05, 4.69) is 44.1 Å². The maximum Gasteiger partial charge on any atom is 0.129 e. The molecule has 0 amide bonds. The number of nitrogens with one attached hydrogen (secondary N) is 1. The molecule has 1 saturated heterocycles. The van der Waals surface area contributed by atoms with Gasteiger partial charge in [-0.1, -0.05) is 15.9 Å². The lowest BCUT2D eigenvalue weighted by molar-refractivity contribution is 0.497. The summed E-state index contributed by atoms with van der Waals surface area (Å²) in [5.74, 6) is 1.06. The van der Waals surface area contributed by atoms with Gasteiger partial charge in [0.25, 0.3) is 0 Å². The Morgan fingerprint density at radius 2 is 2.40 bits per heavy atom. The summed E-state index contributed by atoms with van der Waals surface area (Å²) in [6.45, 7) is 5.33. The fraction of sp³-hybridized carbons (Fsp3) is 0.500. The van der Waals surface area contributed by atoms with E-state index in [1.54, 1.807) is 0 Å². The van der Waals surface area contributed by atoms with Gasteiger partial charge in [-0.25, -0.2) is 4.98 Å². The summed E-state index contributed by atoms with van der Waals surface area (Å²) in [6, 6.07) is 4.55. The van der Waals surface area contributed by atoms with Gasteiger partial charge in [-0.15, -0.1) is 12.4 Å². The van der Waals surface area contributed by atoms with Crippen LogP contribution in [0.15, 0.2) is 22.8 Å². The second-order valence-electron chi connectivity index (χ2n) is 3.58. The van der Waals surface area contributed by atoms with Gasteiger partial charge < -0.3 is 10.2 Å². The number of nitrogens with zero attached hydrogens (tertiary/aromatic N) is 2. The Morgan fingerprint density at radius 3 is 3.07 bits per heavy atom. The quantitative estimate of drug-likeness (QED) is 0.859. The molecule has 2 rings (SSSR count). The van der Waals surface area contributed by atoms with Crippen molar-refractivity contribution < 1.29 is 0 Å². The summed E-state index contributed by atoms with van der Waals surface area (Å²) >= 11 is 3.47. The molecule has 0 aliphatic carbocycles.